The number of nitrogens with zero attached hydrogens (tertiary/aromatic N) is 2. The minimum Gasteiger partial charge on any atom is -1.00 e. The van der Waals surface area contributed by atoms with Gasteiger partial charge in [-0.05, 0) is 161 Å². The van der Waals surface area contributed by atoms with Crippen LogP contribution in [0, 0.1) is 23.7 Å². The molecule has 0 spiro atoms. The summed E-state index contributed by atoms with van der Waals surface area (Å²) in [6.07, 6.45) is 20.4. The van der Waals surface area contributed by atoms with Gasteiger partial charge in [-0.2, -0.15) is 0 Å². The lowest BCUT2D eigenvalue weighted by atomic mass is 9.53. The van der Waals surface area contributed by atoms with Crippen LogP contribution in [-0.2, 0) is 0 Å². The minimum atomic E-state index is 0. The first kappa shape index (κ1) is 39.4. The van der Waals surface area contributed by atoms with Crippen LogP contribution in [0.4, 0.5) is 0 Å². The number of piperidine rings is 2. The van der Waals surface area contributed by atoms with E-state index in [2.05, 4.69) is 62.6 Å². The van der Waals surface area contributed by atoms with Crippen LogP contribution in [0.25, 0.3) is 5.57 Å². The largest absolute Gasteiger partial charge is 1.00 e. The number of rotatable bonds is 14. The predicted octanol–water partition coefficient (Wildman–Crippen LogP) is 3.53. The van der Waals surface area contributed by atoms with Crippen LogP contribution in [0.1, 0.15) is 107 Å². The van der Waals surface area contributed by atoms with Gasteiger partial charge in [-0.3, -0.25) is 0 Å². The number of quaternary nitrogens is 2. The molecule has 0 amide bonds. The fraction of sp³-hybridized carbons (Fsp3) is 0.674. The molecule has 6 heteroatoms. The van der Waals surface area contributed by atoms with E-state index < -0.39 is 0 Å². The van der Waals surface area contributed by atoms with Gasteiger partial charge < -0.3 is 66.4 Å². The fourth-order valence-electron chi connectivity index (χ4n) is 10.6. The Morgan fingerprint density at radius 1 is 0.531 bits per heavy atom. The van der Waals surface area contributed by atoms with Gasteiger partial charge in [-0.1, -0.05) is 29.8 Å². The molecule has 6 fully saturated rings. The van der Waals surface area contributed by atoms with Gasteiger partial charge in [-0.15, -0.1) is 0 Å². The summed E-state index contributed by atoms with van der Waals surface area (Å²) in [6.45, 7) is 9.67. The summed E-state index contributed by atoms with van der Waals surface area (Å²) in [6, 6.07) is 18.3. The van der Waals surface area contributed by atoms with Crippen molar-refractivity contribution < 1.29 is 66.4 Å². The number of hydrogen-bond acceptors (Lipinski definition) is 2. The molecule has 4 aliphatic carbocycles. The van der Waals surface area contributed by atoms with Crippen molar-refractivity contribution in [2.24, 2.45) is 23.7 Å². The highest BCUT2D eigenvalue weighted by atomic mass is 127. The standard InChI is InChI=1S/C43H64N2O2.2HI/c1-44(21-5-3-6-22-44)25-9-11-27-46-40-17-13-36(14-18-40)42(43-38-30-34-29-35(32-38)33-39(43)31-34)37-15-19-41(20-16-37)47-28-12-10-26-45(2)23-7-4-8-24-45;;/h13-20,34-35,38-39H,3-12,21-33H2,1-2H3;2*1H/q+2;;/p-2. The molecule has 4 saturated carbocycles. The summed E-state index contributed by atoms with van der Waals surface area (Å²) < 4.78 is 15.1. The lowest BCUT2D eigenvalue weighted by molar-refractivity contribution is -0.914. The zero-order chi connectivity index (χ0) is 32.1. The maximum Gasteiger partial charge on any atom is 0.119 e. The monoisotopic (exact) mass is 894 g/mol. The summed E-state index contributed by atoms with van der Waals surface area (Å²) in [5, 5.41) is 0. The third-order valence-electron chi connectivity index (χ3n) is 13.1. The van der Waals surface area contributed by atoms with Crippen molar-refractivity contribution in [1.29, 1.82) is 0 Å². The Morgan fingerprint density at radius 2 is 0.918 bits per heavy atom. The predicted molar refractivity (Wildman–Crippen MR) is 195 cm³/mol. The smallest absolute Gasteiger partial charge is 0.119 e. The van der Waals surface area contributed by atoms with Crippen LogP contribution in [0.5, 0.6) is 11.5 Å². The average molecular weight is 895 g/mol. The van der Waals surface area contributed by atoms with Crippen LogP contribution >= 0.6 is 0 Å². The van der Waals surface area contributed by atoms with Gasteiger partial charge in [-0.25, -0.2) is 0 Å². The molecule has 0 radical (unpaired) electrons. The molecule has 2 saturated heterocycles. The van der Waals surface area contributed by atoms with Crippen molar-refractivity contribution >= 4 is 5.57 Å². The molecule has 49 heavy (non-hydrogen) atoms. The van der Waals surface area contributed by atoms with Gasteiger partial charge in [0.1, 0.15) is 11.5 Å². The van der Waals surface area contributed by atoms with Gasteiger partial charge in [0.2, 0.25) is 0 Å². The third kappa shape index (κ3) is 10.2. The van der Waals surface area contributed by atoms with E-state index >= 15 is 0 Å². The molecular weight excluding hydrogens is 830 g/mol. The Labute approximate surface area is 333 Å². The number of unbranched alkanes of at least 4 members (excludes halogenated alkanes) is 2. The Morgan fingerprint density at radius 3 is 1.31 bits per heavy atom. The van der Waals surface area contributed by atoms with Gasteiger partial charge in [0.25, 0.3) is 0 Å². The first-order valence-electron chi connectivity index (χ1n) is 19.8. The maximum absolute atomic E-state index is 6.28. The van der Waals surface area contributed by atoms with E-state index in [9.17, 15) is 0 Å². The van der Waals surface area contributed by atoms with E-state index in [4.69, 9.17) is 9.47 Å². The molecule has 0 unspecified atom stereocenters. The number of halogens is 2. The van der Waals surface area contributed by atoms with Gasteiger partial charge >= 0.3 is 0 Å². The molecule has 2 aliphatic heterocycles. The maximum atomic E-state index is 6.28. The van der Waals surface area contributed by atoms with Crippen molar-refractivity contribution in [3.8, 4) is 11.5 Å². The molecule has 4 bridgehead atoms. The van der Waals surface area contributed by atoms with Gasteiger partial charge in [0, 0.05) is 0 Å². The fourth-order valence-corrected chi connectivity index (χ4v) is 10.6. The van der Waals surface area contributed by atoms with Crippen LogP contribution < -0.4 is 57.4 Å². The Bertz CT molecular complexity index is 1220. The van der Waals surface area contributed by atoms with E-state index in [1.54, 1.807) is 5.57 Å². The summed E-state index contributed by atoms with van der Waals surface area (Å²) in [5.41, 5.74) is 6.01. The second kappa shape index (κ2) is 18.3. The van der Waals surface area contributed by atoms with Crippen molar-refractivity contribution in [3.63, 3.8) is 0 Å². The van der Waals surface area contributed by atoms with Gasteiger partial charge in [0.15, 0.2) is 0 Å². The molecule has 272 valence electrons. The summed E-state index contributed by atoms with van der Waals surface area (Å²) in [5.74, 6) is 5.49. The molecule has 2 aromatic carbocycles. The topological polar surface area (TPSA) is 18.5 Å². The number of hydrogen-bond donors (Lipinski definition) is 0. The highest BCUT2D eigenvalue weighted by molar-refractivity contribution is 5.83. The molecule has 8 rings (SSSR count). The average Bonchev–Trinajstić information content (AvgIpc) is 3.07. The summed E-state index contributed by atoms with van der Waals surface area (Å²) >= 11 is 0. The first-order valence-corrected chi connectivity index (χ1v) is 19.8. The van der Waals surface area contributed by atoms with Crippen LogP contribution in [-0.4, -0.2) is 75.5 Å². The number of ether oxygens (including phenoxy) is 2. The van der Waals surface area contributed by atoms with Crippen molar-refractivity contribution in [1.82, 2.24) is 0 Å². The molecule has 2 heterocycles. The van der Waals surface area contributed by atoms with Crippen LogP contribution in [0.15, 0.2) is 54.1 Å². The van der Waals surface area contributed by atoms with Crippen LogP contribution in [0.3, 0.4) is 0 Å². The lowest BCUT2D eigenvalue weighted by Crippen LogP contribution is -3.00. The zero-order valence-corrected chi connectivity index (χ0v) is 35.0. The van der Waals surface area contributed by atoms with Crippen molar-refractivity contribution in [3.05, 3.63) is 65.2 Å². The Hall–Kier alpha value is -0.840. The molecule has 4 nitrogen and oxygen atoms in total. The molecule has 0 atom stereocenters. The second-order valence-corrected chi connectivity index (χ2v) is 17.0. The van der Waals surface area contributed by atoms with Crippen LogP contribution in [0.2, 0.25) is 0 Å². The van der Waals surface area contributed by atoms with E-state index in [1.165, 1.54) is 148 Å². The summed E-state index contributed by atoms with van der Waals surface area (Å²) in [7, 11) is 4.90. The third-order valence-corrected chi connectivity index (χ3v) is 13.1. The normalized spacial score (nSPS) is 26.4. The number of allylic oxidation sites excluding steroid dienone is 1. The molecule has 0 aromatic heterocycles. The minimum absolute atomic E-state index is 0. The Balaban J connectivity index is 0.00000234. The highest BCUT2D eigenvalue weighted by Crippen LogP contribution is 2.58. The number of benzene rings is 2. The van der Waals surface area contributed by atoms with E-state index in [0.29, 0.717) is 0 Å². The summed E-state index contributed by atoms with van der Waals surface area (Å²) in [4.78, 5) is 0. The second-order valence-electron chi connectivity index (χ2n) is 17.0. The molecule has 0 N–H and O–H groups in total. The molecular formula is C43H64I2N2O2. The Kier molecular flexibility index (Phi) is 14.7. The van der Waals surface area contributed by atoms with E-state index in [1.807, 2.05) is 0 Å². The SMILES string of the molecule is C[N+]1(CCCCOc2ccc(C(=C3C4CC5CC(C4)CC3C5)c3ccc(OCCCC[N+]4(C)CCCCC4)cc3)cc2)CCCCC1.[I-].[I-]. The van der Waals surface area contributed by atoms with Gasteiger partial charge in [0.05, 0.1) is 66.6 Å². The first-order chi connectivity index (χ1) is 23.0. The molecule has 2 aromatic rings. The highest BCUT2D eigenvalue weighted by Gasteiger charge is 2.46. The quantitative estimate of drug-likeness (QED) is 0.165. The van der Waals surface area contributed by atoms with Crippen molar-refractivity contribution in [2.75, 3.05) is 66.6 Å². The zero-order valence-electron chi connectivity index (χ0n) is 30.7. The molecule has 6 aliphatic rings. The van der Waals surface area contributed by atoms with E-state index in [0.717, 1.165) is 61.2 Å². The number of likely N-dealkylation sites (tertiary alicyclic amines) is 2. The lowest BCUT2D eigenvalue weighted by Gasteiger charge is -2.52. The van der Waals surface area contributed by atoms with Crippen molar-refractivity contribution in [2.45, 2.75) is 96.3 Å². The van der Waals surface area contributed by atoms with E-state index in [-0.39, 0.29) is 48.0 Å².